The van der Waals surface area contributed by atoms with Crippen LogP contribution in [0.2, 0.25) is 5.02 Å². The molecule has 20 heavy (non-hydrogen) atoms. The zero-order valence-corrected chi connectivity index (χ0v) is 13.0. The van der Waals surface area contributed by atoms with Gasteiger partial charge in [-0.05, 0) is 45.6 Å². The Kier molecular flexibility index (Phi) is 4.64. The lowest BCUT2D eigenvalue weighted by Crippen LogP contribution is -2.20. The van der Waals surface area contributed by atoms with E-state index in [-0.39, 0.29) is 10.6 Å². The highest BCUT2D eigenvalue weighted by Gasteiger charge is 2.14. The summed E-state index contributed by atoms with van der Waals surface area (Å²) in [7, 11) is 0. The van der Waals surface area contributed by atoms with E-state index in [4.69, 9.17) is 16.7 Å². The Morgan fingerprint density at radius 1 is 1.25 bits per heavy atom. The SMILES string of the molecule is O=C(Nc1ccc(Cl)cc1Br)Nc1sccc1C(=O)O. The molecule has 0 atom stereocenters. The zero-order valence-electron chi connectivity index (χ0n) is 9.81. The van der Waals surface area contributed by atoms with Crippen LogP contribution in [0.5, 0.6) is 0 Å². The Morgan fingerprint density at radius 3 is 2.65 bits per heavy atom. The standard InChI is InChI=1S/C12H8BrClN2O3S/c13-8-5-6(14)1-2-9(8)15-12(19)16-10-7(11(17)18)3-4-20-10/h1-5H,(H,17,18)(H2,15,16,19). The number of rotatable bonds is 3. The van der Waals surface area contributed by atoms with Gasteiger partial charge in [0.2, 0.25) is 0 Å². The smallest absolute Gasteiger partial charge is 0.338 e. The quantitative estimate of drug-likeness (QED) is 0.738. The molecule has 5 nitrogen and oxygen atoms in total. The zero-order chi connectivity index (χ0) is 14.7. The number of aromatic carboxylic acids is 1. The Morgan fingerprint density at radius 2 is 2.00 bits per heavy atom. The van der Waals surface area contributed by atoms with Gasteiger partial charge in [0.1, 0.15) is 5.00 Å². The molecule has 0 fully saturated rings. The van der Waals surface area contributed by atoms with E-state index in [9.17, 15) is 9.59 Å². The fraction of sp³-hybridized carbons (Fsp3) is 0. The van der Waals surface area contributed by atoms with Crippen LogP contribution in [0.25, 0.3) is 0 Å². The van der Waals surface area contributed by atoms with Crippen molar-refractivity contribution in [1.29, 1.82) is 0 Å². The van der Waals surface area contributed by atoms with Gasteiger partial charge in [-0.2, -0.15) is 0 Å². The van der Waals surface area contributed by atoms with E-state index in [1.54, 1.807) is 23.6 Å². The predicted octanol–water partition coefficient (Wildman–Crippen LogP) is 4.51. The van der Waals surface area contributed by atoms with Crippen molar-refractivity contribution in [3.63, 3.8) is 0 Å². The highest BCUT2D eigenvalue weighted by Crippen LogP contribution is 2.27. The van der Waals surface area contributed by atoms with Gasteiger partial charge in [-0.15, -0.1) is 11.3 Å². The van der Waals surface area contributed by atoms with Crippen molar-refractivity contribution in [2.24, 2.45) is 0 Å². The van der Waals surface area contributed by atoms with Crippen molar-refractivity contribution in [2.45, 2.75) is 0 Å². The molecule has 104 valence electrons. The monoisotopic (exact) mass is 374 g/mol. The molecule has 0 saturated heterocycles. The van der Waals surface area contributed by atoms with Gasteiger partial charge in [0.05, 0.1) is 11.3 Å². The van der Waals surface area contributed by atoms with Gasteiger partial charge in [-0.1, -0.05) is 11.6 Å². The summed E-state index contributed by atoms with van der Waals surface area (Å²) in [6.07, 6.45) is 0. The molecule has 2 aromatic rings. The van der Waals surface area contributed by atoms with Crippen molar-refractivity contribution in [3.05, 3.63) is 44.7 Å². The maximum absolute atomic E-state index is 11.8. The molecule has 2 amide bonds. The normalized spacial score (nSPS) is 10.1. The average Bonchev–Trinajstić information content (AvgIpc) is 2.81. The third kappa shape index (κ3) is 3.50. The molecule has 0 aliphatic heterocycles. The van der Waals surface area contributed by atoms with Crippen molar-refractivity contribution in [2.75, 3.05) is 10.6 Å². The van der Waals surface area contributed by atoms with Gasteiger partial charge in [0.25, 0.3) is 0 Å². The lowest BCUT2D eigenvalue weighted by molar-refractivity contribution is 0.0698. The molecule has 0 saturated carbocycles. The van der Waals surface area contributed by atoms with E-state index in [2.05, 4.69) is 26.6 Å². The fourth-order valence-electron chi connectivity index (χ4n) is 1.42. The second kappa shape index (κ2) is 6.25. The highest BCUT2D eigenvalue weighted by molar-refractivity contribution is 9.10. The van der Waals surface area contributed by atoms with Crippen LogP contribution in [0, 0.1) is 0 Å². The predicted molar refractivity (Wildman–Crippen MR) is 83.1 cm³/mol. The van der Waals surface area contributed by atoms with Gasteiger partial charge >= 0.3 is 12.0 Å². The molecule has 1 heterocycles. The molecule has 1 aromatic heterocycles. The number of thiophene rings is 1. The van der Waals surface area contributed by atoms with Crippen LogP contribution < -0.4 is 10.6 Å². The molecule has 0 bridgehead atoms. The minimum atomic E-state index is -1.09. The summed E-state index contributed by atoms with van der Waals surface area (Å²) >= 11 is 10.2. The number of carboxylic acids is 1. The summed E-state index contributed by atoms with van der Waals surface area (Å²) in [5.41, 5.74) is 0.584. The number of benzene rings is 1. The first-order chi connectivity index (χ1) is 9.47. The van der Waals surface area contributed by atoms with Crippen LogP contribution in [-0.4, -0.2) is 17.1 Å². The first kappa shape index (κ1) is 14.8. The summed E-state index contributed by atoms with van der Waals surface area (Å²) in [4.78, 5) is 22.8. The summed E-state index contributed by atoms with van der Waals surface area (Å²) in [5.74, 6) is -1.09. The van der Waals surface area contributed by atoms with E-state index in [1.807, 2.05) is 0 Å². The second-order valence-electron chi connectivity index (χ2n) is 3.67. The number of hydrogen-bond donors (Lipinski definition) is 3. The molecular weight excluding hydrogens is 368 g/mol. The van der Waals surface area contributed by atoms with Gasteiger partial charge in [0, 0.05) is 9.50 Å². The van der Waals surface area contributed by atoms with Gasteiger partial charge in [-0.3, -0.25) is 5.32 Å². The second-order valence-corrected chi connectivity index (χ2v) is 5.88. The first-order valence-corrected chi connectivity index (χ1v) is 7.36. The summed E-state index contributed by atoms with van der Waals surface area (Å²) in [5, 5.41) is 16.4. The number of urea groups is 1. The number of carboxylic acid groups (broad SMARTS) is 1. The number of halogens is 2. The molecule has 0 unspecified atom stereocenters. The van der Waals surface area contributed by atoms with Crippen LogP contribution >= 0.6 is 38.9 Å². The van der Waals surface area contributed by atoms with Crippen LogP contribution in [0.1, 0.15) is 10.4 Å². The van der Waals surface area contributed by atoms with Crippen LogP contribution in [-0.2, 0) is 0 Å². The summed E-state index contributed by atoms with van der Waals surface area (Å²) in [6, 6.07) is 5.82. The minimum absolute atomic E-state index is 0.0559. The maximum Gasteiger partial charge on any atom is 0.338 e. The van der Waals surface area contributed by atoms with E-state index >= 15 is 0 Å². The number of hydrogen-bond acceptors (Lipinski definition) is 3. The molecule has 2 rings (SSSR count). The van der Waals surface area contributed by atoms with Gasteiger partial charge in [0.15, 0.2) is 0 Å². The average molecular weight is 376 g/mol. The minimum Gasteiger partial charge on any atom is -0.478 e. The molecule has 8 heteroatoms. The van der Waals surface area contributed by atoms with Gasteiger partial charge in [-0.25, -0.2) is 9.59 Å². The van der Waals surface area contributed by atoms with Crippen molar-refractivity contribution >= 4 is 61.6 Å². The molecule has 1 aromatic carbocycles. The van der Waals surface area contributed by atoms with E-state index in [0.29, 0.717) is 15.2 Å². The first-order valence-electron chi connectivity index (χ1n) is 5.31. The maximum atomic E-state index is 11.8. The molecule has 0 aliphatic rings. The molecule has 0 spiro atoms. The van der Waals surface area contributed by atoms with E-state index in [1.165, 1.54) is 6.07 Å². The third-order valence-electron chi connectivity index (χ3n) is 2.30. The number of anilines is 2. The van der Waals surface area contributed by atoms with E-state index in [0.717, 1.165) is 11.3 Å². The van der Waals surface area contributed by atoms with E-state index < -0.39 is 12.0 Å². The van der Waals surface area contributed by atoms with Crippen LogP contribution in [0.15, 0.2) is 34.1 Å². The van der Waals surface area contributed by atoms with Crippen LogP contribution in [0.3, 0.4) is 0 Å². The summed E-state index contributed by atoms with van der Waals surface area (Å²) < 4.78 is 0.629. The fourth-order valence-corrected chi connectivity index (χ4v) is 2.98. The van der Waals surface area contributed by atoms with Crippen LogP contribution in [0.4, 0.5) is 15.5 Å². The highest BCUT2D eigenvalue weighted by atomic mass is 79.9. The number of carbonyl (C=O) groups is 2. The van der Waals surface area contributed by atoms with Crippen molar-refractivity contribution < 1.29 is 14.7 Å². The van der Waals surface area contributed by atoms with Crippen molar-refractivity contribution in [1.82, 2.24) is 0 Å². The largest absolute Gasteiger partial charge is 0.478 e. The Hall–Kier alpha value is -1.57. The lowest BCUT2D eigenvalue weighted by atomic mass is 10.3. The Balaban J connectivity index is 2.09. The van der Waals surface area contributed by atoms with Crippen molar-refractivity contribution in [3.8, 4) is 0 Å². The Labute approximate surface area is 131 Å². The molecule has 0 aliphatic carbocycles. The number of amides is 2. The lowest BCUT2D eigenvalue weighted by Gasteiger charge is -2.08. The number of nitrogens with one attached hydrogen (secondary N) is 2. The topological polar surface area (TPSA) is 78.4 Å². The van der Waals surface area contributed by atoms with Gasteiger partial charge < -0.3 is 10.4 Å². The summed E-state index contributed by atoms with van der Waals surface area (Å²) in [6.45, 7) is 0. The molecular formula is C12H8BrClN2O3S. The third-order valence-corrected chi connectivity index (χ3v) is 4.02. The Bertz CT molecular complexity index is 674. The number of carbonyl (C=O) groups excluding carboxylic acids is 1. The molecule has 3 N–H and O–H groups in total. The molecule has 0 radical (unpaired) electrons.